The molecule has 0 saturated heterocycles. The number of amides is 1. The van der Waals surface area contributed by atoms with Crippen LogP contribution in [-0.2, 0) is 4.79 Å². The van der Waals surface area contributed by atoms with Crippen molar-refractivity contribution in [3.63, 3.8) is 0 Å². The second-order valence-electron chi connectivity index (χ2n) is 6.96. The van der Waals surface area contributed by atoms with Gasteiger partial charge < -0.3 is 9.73 Å². The Morgan fingerprint density at radius 1 is 1.14 bits per heavy atom. The molecule has 1 fully saturated rings. The topological polar surface area (TPSA) is 68.0 Å². The molecule has 0 aliphatic heterocycles. The number of nitrogens with zero attached hydrogens (tertiary/aromatic N) is 2. The summed E-state index contributed by atoms with van der Waals surface area (Å²) in [6.07, 6.45) is 5.97. The maximum absolute atomic E-state index is 12.6. The van der Waals surface area contributed by atoms with Crippen molar-refractivity contribution in [2.45, 2.75) is 49.3 Å². The smallest absolute Gasteiger partial charge is 0.277 e. The van der Waals surface area contributed by atoms with Crippen LogP contribution < -0.4 is 5.32 Å². The number of hydrogen-bond donors (Lipinski definition) is 1. The van der Waals surface area contributed by atoms with Crippen LogP contribution in [0.4, 0.5) is 0 Å². The molecule has 3 aromatic rings. The molecule has 1 amide bonds. The fourth-order valence-electron chi connectivity index (χ4n) is 3.54. The van der Waals surface area contributed by atoms with Gasteiger partial charge in [0.05, 0.1) is 11.8 Å². The molecule has 7 heteroatoms. The predicted octanol–water partition coefficient (Wildman–Crippen LogP) is 5.18. The molecule has 0 radical (unpaired) electrons. The maximum atomic E-state index is 12.6. The molecule has 1 aliphatic carbocycles. The number of aromatic nitrogens is 2. The highest BCUT2D eigenvalue weighted by molar-refractivity contribution is 7.99. The Labute approximate surface area is 173 Å². The number of carbonyl (C=O) groups excluding carboxylic acids is 1. The first-order chi connectivity index (χ1) is 13.8. The lowest BCUT2D eigenvalue weighted by Gasteiger charge is -2.18. The lowest BCUT2D eigenvalue weighted by atomic mass is 9.89. The Kier molecular flexibility index (Phi) is 6.44. The van der Waals surface area contributed by atoms with Gasteiger partial charge in [-0.2, -0.15) is 0 Å². The van der Waals surface area contributed by atoms with Crippen molar-refractivity contribution in [3.05, 3.63) is 64.2 Å². The number of rotatable bonds is 7. The minimum atomic E-state index is -0.144. The van der Waals surface area contributed by atoms with Crippen molar-refractivity contribution in [1.82, 2.24) is 15.5 Å². The van der Waals surface area contributed by atoms with Crippen LogP contribution in [0.3, 0.4) is 0 Å². The van der Waals surface area contributed by atoms with Crippen LogP contribution in [0.1, 0.15) is 60.4 Å². The molecular formula is C21H23N3O2S2. The van der Waals surface area contributed by atoms with Crippen LogP contribution in [0.15, 0.2) is 57.5 Å². The van der Waals surface area contributed by atoms with Gasteiger partial charge >= 0.3 is 0 Å². The van der Waals surface area contributed by atoms with Gasteiger partial charge in [-0.3, -0.25) is 4.79 Å². The molecule has 2 heterocycles. The molecule has 1 aliphatic rings. The Balaban J connectivity index is 1.36. The fraction of sp³-hybridized carbons (Fsp3) is 0.381. The lowest BCUT2D eigenvalue weighted by Crippen LogP contribution is -2.30. The van der Waals surface area contributed by atoms with E-state index in [1.807, 2.05) is 47.8 Å². The Hall–Kier alpha value is -2.12. The van der Waals surface area contributed by atoms with Crippen LogP contribution in [0.5, 0.6) is 0 Å². The van der Waals surface area contributed by atoms with E-state index in [1.165, 1.54) is 31.0 Å². The summed E-state index contributed by atoms with van der Waals surface area (Å²) in [4.78, 5) is 13.7. The predicted molar refractivity (Wildman–Crippen MR) is 112 cm³/mol. The third kappa shape index (κ3) is 4.83. The summed E-state index contributed by atoms with van der Waals surface area (Å²) in [5, 5.41) is 14.0. The molecule has 2 aromatic heterocycles. The monoisotopic (exact) mass is 413 g/mol. The van der Waals surface area contributed by atoms with Gasteiger partial charge in [-0.15, -0.1) is 21.5 Å². The average Bonchev–Trinajstić information content (AvgIpc) is 3.44. The molecule has 5 nitrogen and oxygen atoms in total. The largest absolute Gasteiger partial charge is 0.416 e. The fourth-order valence-corrected chi connectivity index (χ4v) is 4.93. The zero-order valence-corrected chi connectivity index (χ0v) is 17.2. The SMILES string of the molecule is O=C(CSc1nnc(C2CCCCC2)o1)N[C@H](c1ccccc1)c1cccs1. The van der Waals surface area contributed by atoms with E-state index in [9.17, 15) is 4.79 Å². The van der Waals surface area contributed by atoms with E-state index < -0.39 is 0 Å². The first-order valence-electron chi connectivity index (χ1n) is 9.63. The molecule has 0 spiro atoms. The molecule has 0 unspecified atom stereocenters. The van der Waals surface area contributed by atoms with Gasteiger partial charge in [-0.1, -0.05) is 67.4 Å². The van der Waals surface area contributed by atoms with E-state index in [0.717, 1.165) is 29.2 Å². The molecule has 146 valence electrons. The molecule has 4 rings (SSSR count). The van der Waals surface area contributed by atoms with Crippen LogP contribution in [-0.4, -0.2) is 21.9 Å². The Bertz CT molecular complexity index is 874. The number of nitrogens with one attached hydrogen (secondary N) is 1. The molecule has 1 atom stereocenters. The summed E-state index contributed by atoms with van der Waals surface area (Å²) in [5.41, 5.74) is 1.07. The summed E-state index contributed by atoms with van der Waals surface area (Å²) < 4.78 is 5.80. The van der Waals surface area contributed by atoms with Crippen LogP contribution >= 0.6 is 23.1 Å². The van der Waals surface area contributed by atoms with E-state index in [-0.39, 0.29) is 17.7 Å². The highest BCUT2D eigenvalue weighted by Crippen LogP contribution is 2.33. The van der Waals surface area contributed by atoms with Crippen molar-refractivity contribution >= 4 is 29.0 Å². The van der Waals surface area contributed by atoms with Crippen molar-refractivity contribution in [2.24, 2.45) is 0 Å². The molecular weight excluding hydrogens is 390 g/mol. The van der Waals surface area contributed by atoms with Gasteiger partial charge in [0, 0.05) is 10.8 Å². The van der Waals surface area contributed by atoms with Crippen molar-refractivity contribution < 1.29 is 9.21 Å². The first-order valence-corrected chi connectivity index (χ1v) is 11.5. The van der Waals surface area contributed by atoms with Crippen molar-refractivity contribution in [1.29, 1.82) is 0 Å². The molecule has 1 saturated carbocycles. The zero-order valence-electron chi connectivity index (χ0n) is 15.5. The number of thioether (sulfide) groups is 1. The minimum absolute atomic E-state index is 0.0512. The van der Waals surface area contributed by atoms with E-state index in [1.54, 1.807) is 11.3 Å². The third-order valence-electron chi connectivity index (χ3n) is 4.97. The summed E-state index contributed by atoms with van der Waals surface area (Å²) in [5.74, 6) is 1.31. The highest BCUT2D eigenvalue weighted by Gasteiger charge is 2.22. The van der Waals surface area contributed by atoms with E-state index in [0.29, 0.717) is 11.1 Å². The quantitative estimate of drug-likeness (QED) is 0.541. The van der Waals surface area contributed by atoms with Gasteiger partial charge in [0.15, 0.2) is 0 Å². The van der Waals surface area contributed by atoms with Gasteiger partial charge in [0.1, 0.15) is 0 Å². The third-order valence-corrected chi connectivity index (χ3v) is 6.72. The number of carbonyl (C=O) groups is 1. The second-order valence-corrected chi connectivity index (χ2v) is 8.86. The van der Waals surface area contributed by atoms with Gasteiger partial charge in [0.2, 0.25) is 11.8 Å². The van der Waals surface area contributed by atoms with Gasteiger partial charge in [-0.25, -0.2) is 0 Å². The lowest BCUT2D eigenvalue weighted by molar-refractivity contribution is -0.119. The summed E-state index contributed by atoms with van der Waals surface area (Å²) in [7, 11) is 0. The summed E-state index contributed by atoms with van der Waals surface area (Å²) in [6, 6.07) is 13.9. The highest BCUT2D eigenvalue weighted by atomic mass is 32.2. The van der Waals surface area contributed by atoms with Gasteiger partial charge in [0.25, 0.3) is 5.22 Å². The summed E-state index contributed by atoms with van der Waals surface area (Å²) in [6.45, 7) is 0. The van der Waals surface area contributed by atoms with E-state index in [2.05, 4.69) is 15.5 Å². The average molecular weight is 414 g/mol. The van der Waals surface area contributed by atoms with Crippen LogP contribution in [0.2, 0.25) is 0 Å². The first kappa shape index (κ1) is 19.2. The Morgan fingerprint density at radius 2 is 1.96 bits per heavy atom. The number of thiophene rings is 1. The number of benzene rings is 1. The maximum Gasteiger partial charge on any atom is 0.277 e. The summed E-state index contributed by atoms with van der Waals surface area (Å²) >= 11 is 2.94. The number of hydrogen-bond acceptors (Lipinski definition) is 6. The minimum Gasteiger partial charge on any atom is -0.416 e. The molecule has 1 N–H and O–H groups in total. The second kappa shape index (κ2) is 9.39. The van der Waals surface area contributed by atoms with E-state index in [4.69, 9.17) is 4.42 Å². The normalized spacial score (nSPS) is 16.0. The molecule has 28 heavy (non-hydrogen) atoms. The van der Waals surface area contributed by atoms with Crippen LogP contribution in [0.25, 0.3) is 0 Å². The van der Waals surface area contributed by atoms with Crippen molar-refractivity contribution in [3.8, 4) is 0 Å². The van der Waals surface area contributed by atoms with Crippen molar-refractivity contribution in [2.75, 3.05) is 5.75 Å². The van der Waals surface area contributed by atoms with E-state index >= 15 is 0 Å². The Morgan fingerprint density at radius 3 is 2.71 bits per heavy atom. The zero-order chi connectivity index (χ0) is 19.2. The van der Waals surface area contributed by atoms with Gasteiger partial charge in [-0.05, 0) is 29.9 Å². The standard InChI is InChI=1S/C21H23N3O2S2/c25-18(14-28-21-24-23-20(26-21)16-10-5-2-6-11-16)22-19(17-12-7-13-27-17)15-8-3-1-4-9-15/h1,3-4,7-9,12-13,16,19H,2,5-6,10-11,14H2,(H,22,25)/t19-/m1/s1. The molecule has 0 bridgehead atoms. The molecule has 1 aromatic carbocycles. The van der Waals surface area contributed by atoms with Crippen LogP contribution in [0, 0.1) is 0 Å².